The minimum Gasteiger partial charge on any atom is -0.393 e. The highest BCUT2D eigenvalue weighted by atomic mass is 31.2. The van der Waals surface area contributed by atoms with Gasteiger partial charge in [-0.15, -0.1) is 0 Å². The van der Waals surface area contributed by atoms with Crippen LogP contribution in [0.2, 0.25) is 0 Å². The van der Waals surface area contributed by atoms with Crippen molar-refractivity contribution in [2.24, 2.45) is 5.92 Å². The van der Waals surface area contributed by atoms with Gasteiger partial charge >= 0.3 is 13.8 Å². The number of rotatable bonds is 3. The van der Waals surface area contributed by atoms with Crippen LogP contribution in [0, 0.1) is 5.92 Å². The molecule has 6 nitrogen and oxygen atoms in total. The molecule has 1 aliphatic rings. The van der Waals surface area contributed by atoms with Crippen molar-refractivity contribution < 1.29 is 28.8 Å². The van der Waals surface area contributed by atoms with Crippen molar-refractivity contribution in [3.63, 3.8) is 0 Å². The Hall–Kier alpha value is -0.680. The first-order chi connectivity index (χ1) is 7.37. The van der Waals surface area contributed by atoms with Crippen LogP contribution in [0.1, 0.15) is 25.7 Å². The van der Waals surface area contributed by atoms with Crippen molar-refractivity contribution in [3.8, 4) is 0 Å². The van der Waals surface area contributed by atoms with Crippen LogP contribution >= 0.6 is 7.82 Å². The molecule has 1 fully saturated rings. The number of allylic oxidation sites excluding steroid dienone is 1. The molecule has 7 heteroatoms. The average Bonchev–Trinajstić information content (AvgIpc) is 2.14. The monoisotopic (exact) mass is 250 g/mol. The van der Waals surface area contributed by atoms with E-state index in [4.69, 9.17) is 9.79 Å². The predicted octanol–water partition coefficient (Wildman–Crippen LogP) is 0.730. The fourth-order valence-corrected chi connectivity index (χ4v) is 1.95. The second kappa shape index (κ2) is 5.59. The molecule has 92 valence electrons. The third kappa shape index (κ3) is 5.42. The summed E-state index contributed by atoms with van der Waals surface area (Å²) in [6.45, 7) is 0. The van der Waals surface area contributed by atoms with Crippen LogP contribution in [0.5, 0.6) is 0 Å². The number of carbonyl (C=O) groups excluding carboxylic acids is 1. The molecule has 0 unspecified atom stereocenters. The smallest absolute Gasteiger partial charge is 0.393 e. The fourth-order valence-electron chi connectivity index (χ4n) is 1.66. The summed E-state index contributed by atoms with van der Waals surface area (Å²) in [6, 6.07) is 0. The normalized spacial score (nSPS) is 26.9. The van der Waals surface area contributed by atoms with E-state index in [0.29, 0.717) is 12.8 Å². The van der Waals surface area contributed by atoms with Crippen molar-refractivity contribution in [2.45, 2.75) is 31.8 Å². The van der Waals surface area contributed by atoms with Crippen LogP contribution in [0.25, 0.3) is 0 Å². The zero-order chi connectivity index (χ0) is 12.2. The third-order valence-electron chi connectivity index (χ3n) is 2.45. The Morgan fingerprint density at radius 2 is 1.81 bits per heavy atom. The first-order valence-electron chi connectivity index (χ1n) is 5.02. The van der Waals surface area contributed by atoms with E-state index < -0.39 is 13.8 Å². The van der Waals surface area contributed by atoms with Gasteiger partial charge in [0.1, 0.15) is 0 Å². The second-order valence-electron chi connectivity index (χ2n) is 3.83. The summed E-state index contributed by atoms with van der Waals surface area (Å²) < 4.78 is 14.2. The Morgan fingerprint density at radius 1 is 1.25 bits per heavy atom. The van der Waals surface area contributed by atoms with Crippen molar-refractivity contribution in [2.75, 3.05) is 0 Å². The van der Waals surface area contributed by atoms with Gasteiger partial charge in [0, 0.05) is 6.08 Å². The maximum atomic E-state index is 10.9. The van der Waals surface area contributed by atoms with Gasteiger partial charge in [-0.05, 0) is 31.6 Å². The molecule has 0 atom stereocenters. The molecule has 0 bridgehead atoms. The Balaban J connectivity index is 2.36. The van der Waals surface area contributed by atoms with Gasteiger partial charge in [0.25, 0.3) is 0 Å². The zero-order valence-corrected chi connectivity index (χ0v) is 9.55. The summed E-state index contributed by atoms with van der Waals surface area (Å²) in [7, 11) is -4.74. The summed E-state index contributed by atoms with van der Waals surface area (Å²) in [5.41, 5.74) is 0. The highest BCUT2D eigenvalue weighted by Gasteiger charge is 2.20. The number of phosphoric ester groups is 1. The zero-order valence-electron chi connectivity index (χ0n) is 8.65. The maximum absolute atomic E-state index is 10.9. The molecule has 0 radical (unpaired) electrons. The summed E-state index contributed by atoms with van der Waals surface area (Å²) in [4.78, 5) is 27.6. The number of aliphatic hydroxyl groups is 1. The van der Waals surface area contributed by atoms with E-state index in [1.807, 2.05) is 0 Å². The molecule has 0 aromatic carbocycles. The quantitative estimate of drug-likeness (QED) is 0.504. The van der Waals surface area contributed by atoms with Gasteiger partial charge < -0.3 is 9.63 Å². The van der Waals surface area contributed by atoms with E-state index in [-0.39, 0.29) is 12.0 Å². The second-order valence-corrected chi connectivity index (χ2v) is 4.99. The van der Waals surface area contributed by atoms with E-state index in [2.05, 4.69) is 4.52 Å². The molecule has 0 heterocycles. The molecule has 1 aliphatic carbocycles. The van der Waals surface area contributed by atoms with Crippen LogP contribution in [0.15, 0.2) is 12.2 Å². The molecule has 0 aliphatic heterocycles. The van der Waals surface area contributed by atoms with Gasteiger partial charge in [-0.2, -0.15) is 0 Å². The van der Waals surface area contributed by atoms with Crippen LogP contribution in [0.4, 0.5) is 0 Å². The maximum Gasteiger partial charge on any atom is 0.527 e. The minimum atomic E-state index is -4.74. The average molecular weight is 250 g/mol. The van der Waals surface area contributed by atoms with Gasteiger partial charge in [0.05, 0.1) is 6.10 Å². The third-order valence-corrected chi connectivity index (χ3v) is 2.87. The molecule has 0 aromatic heterocycles. The first-order valence-corrected chi connectivity index (χ1v) is 6.55. The molecular formula is C9H15O6P. The molecule has 3 N–H and O–H groups in total. The van der Waals surface area contributed by atoms with Crippen molar-refractivity contribution in [3.05, 3.63) is 12.2 Å². The molecule has 16 heavy (non-hydrogen) atoms. The van der Waals surface area contributed by atoms with Crippen molar-refractivity contribution >= 4 is 13.8 Å². The lowest BCUT2D eigenvalue weighted by Gasteiger charge is -2.22. The molecule has 0 saturated heterocycles. The summed E-state index contributed by atoms with van der Waals surface area (Å²) in [6.07, 6.45) is 5.23. The van der Waals surface area contributed by atoms with E-state index in [1.54, 1.807) is 6.08 Å². The number of aliphatic hydroxyl groups excluding tert-OH is 1. The van der Waals surface area contributed by atoms with Crippen molar-refractivity contribution in [1.29, 1.82) is 0 Å². The fraction of sp³-hybridized carbons (Fsp3) is 0.667. The van der Waals surface area contributed by atoms with Crippen LogP contribution in [0.3, 0.4) is 0 Å². The molecule has 0 aromatic rings. The first kappa shape index (κ1) is 13.4. The van der Waals surface area contributed by atoms with Gasteiger partial charge in [0.15, 0.2) is 0 Å². The van der Waals surface area contributed by atoms with E-state index in [1.165, 1.54) is 0 Å². The van der Waals surface area contributed by atoms with Crippen LogP contribution < -0.4 is 0 Å². The molecule has 1 saturated carbocycles. The summed E-state index contributed by atoms with van der Waals surface area (Å²) in [5, 5.41) is 9.24. The lowest BCUT2D eigenvalue weighted by atomic mass is 9.87. The Bertz CT molecular complexity index is 312. The summed E-state index contributed by atoms with van der Waals surface area (Å²) >= 11 is 0. The topological polar surface area (TPSA) is 104 Å². The van der Waals surface area contributed by atoms with Crippen LogP contribution in [-0.4, -0.2) is 27.0 Å². The van der Waals surface area contributed by atoms with Gasteiger partial charge in [-0.25, -0.2) is 9.36 Å². The Kier molecular flexibility index (Phi) is 4.68. The van der Waals surface area contributed by atoms with Gasteiger partial charge in [-0.1, -0.05) is 6.08 Å². The lowest BCUT2D eigenvalue weighted by Crippen LogP contribution is -2.17. The number of hydrogen-bond donors (Lipinski definition) is 3. The highest BCUT2D eigenvalue weighted by molar-refractivity contribution is 7.46. The van der Waals surface area contributed by atoms with Crippen molar-refractivity contribution in [1.82, 2.24) is 0 Å². The largest absolute Gasteiger partial charge is 0.527 e. The Labute approximate surface area is 93.2 Å². The van der Waals surface area contributed by atoms with Gasteiger partial charge in [0.2, 0.25) is 0 Å². The predicted molar refractivity (Wildman–Crippen MR) is 55.2 cm³/mol. The number of carbonyl (C=O) groups is 1. The van der Waals surface area contributed by atoms with E-state index >= 15 is 0 Å². The standard InChI is InChI=1S/C9H15O6P/c10-8-4-1-7(2-5-8)3-6-9(11)15-16(12,13)14/h3,6-8,10H,1-2,4-5H2,(H2,12,13,14). The van der Waals surface area contributed by atoms with Gasteiger partial charge in [-0.3, -0.25) is 9.79 Å². The number of phosphoric acid groups is 1. The highest BCUT2D eigenvalue weighted by Crippen LogP contribution is 2.36. The molecule has 0 spiro atoms. The van der Waals surface area contributed by atoms with E-state index in [0.717, 1.165) is 18.9 Å². The number of hydrogen-bond acceptors (Lipinski definition) is 4. The SMILES string of the molecule is O=C(C=CC1CCC(O)CC1)OP(=O)(O)O. The molecule has 0 amide bonds. The lowest BCUT2D eigenvalue weighted by molar-refractivity contribution is -0.130. The van der Waals surface area contributed by atoms with E-state index in [9.17, 15) is 14.5 Å². The minimum absolute atomic E-state index is 0.160. The Morgan fingerprint density at radius 3 is 2.31 bits per heavy atom. The molecule has 1 rings (SSSR count). The molecular weight excluding hydrogens is 235 g/mol. The van der Waals surface area contributed by atoms with Crippen LogP contribution in [-0.2, 0) is 13.9 Å². The summed E-state index contributed by atoms with van der Waals surface area (Å²) in [5.74, 6) is -0.882.